The Kier molecular flexibility index (Phi) is 24.2. The molecule has 0 radical (unpaired) electrons. The van der Waals surface area contributed by atoms with Crippen LogP contribution in [0.3, 0.4) is 0 Å². The van der Waals surface area contributed by atoms with Crippen molar-refractivity contribution in [3.05, 3.63) is 102 Å². The summed E-state index contributed by atoms with van der Waals surface area (Å²) in [5.74, 6) is -12.3. The van der Waals surface area contributed by atoms with Gasteiger partial charge in [0.05, 0.1) is 12.5 Å². The summed E-state index contributed by atoms with van der Waals surface area (Å²) in [6.45, 7) is 8.39. The maximum atomic E-state index is 15.0. The van der Waals surface area contributed by atoms with E-state index >= 15 is 0 Å². The lowest BCUT2D eigenvalue weighted by Gasteiger charge is -2.34. The molecule has 4 heterocycles. The van der Waals surface area contributed by atoms with Crippen molar-refractivity contribution >= 4 is 81.9 Å². The summed E-state index contributed by atoms with van der Waals surface area (Å²) in [5, 5.41) is 52.9. The first-order valence-corrected chi connectivity index (χ1v) is 30.9. The van der Waals surface area contributed by atoms with Crippen LogP contribution in [0.5, 0.6) is 5.75 Å². The van der Waals surface area contributed by atoms with Gasteiger partial charge in [-0.15, -0.1) is 0 Å². The minimum Gasteiger partial charge on any atom is -0.508 e. The van der Waals surface area contributed by atoms with E-state index in [0.717, 1.165) is 0 Å². The number of aliphatic carboxylic acids is 1. The monoisotopic (exact) mass is 1260 g/mol. The maximum absolute atomic E-state index is 15.0. The maximum Gasteiger partial charge on any atom is 0.303 e. The number of fused-ring (bicyclic) bond motifs is 3. The van der Waals surface area contributed by atoms with Crippen LogP contribution in [-0.2, 0) is 76.8 Å². The SMILES string of the molecule is CC(C)C[C@@H]1NC(=O)[C@H](Cc2c[nH]c3ccccc23)NC(=O)[C@H](CC(C)C)NC(=O)[C@H](Cc2ccccc2)NC(=O)[C@@H]2CCCN2C(=O)[C@H]2CCCN2C(=O)[C@H]([C@@H](C)O)NC(=O)[C@H](CCC(=O)O)NC(=O)[C@H](Cc2ccc(O)cc2)NC(=O)[C@H](CC(N)=O)NC1=O. The fourth-order valence-corrected chi connectivity index (χ4v) is 11.7. The molecule has 27 nitrogen and oxygen atoms in total. The van der Waals surface area contributed by atoms with Crippen LogP contribution >= 0.6 is 0 Å². The van der Waals surface area contributed by atoms with Gasteiger partial charge in [0, 0.05) is 55.9 Å². The summed E-state index contributed by atoms with van der Waals surface area (Å²) in [6, 6.07) is 6.32. The highest BCUT2D eigenvalue weighted by atomic mass is 16.4. The topological polar surface area (TPSA) is 410 Å². The third kappa shape index (κ3) is 19.1. The van der Waals surface area contributed by atoms with Gasteiger partial charge in [-0.3, -0.25) is 57.5 Å². The molecule has 3 aromatic carbocycles. The van der Waals surface area contributed by atoms with Crippen LogP contribution in [0, 0.1) is 11.8 Å². The summed E-state index contributed by atoms with van der Waals surface area (Å²) in [6.07, 6.45) is -1.88. The molecule has 0 bridgehead atoms. The molecule has 0 spiro atoms. The predicted molar refractivity (Wildman–Crippen MR) is 330 cm³/mol. The number of nitrogens with zero attached hydrogens (tertiary/aromatic N) is 2. The number of hydrogen-bond acceptors (Lipinski definition) is 14. The molecule has 3 aliphatic heterocycles. The number of primary amides is 1. The molecule has 7 rings (SSSR count). The van der Waals surface area contributed by atoms with Gasteiger partial charge in [0.25, 0.3) is 0 Å². The fraction of sp³-hybridized carbons (Fsp3) is 0.500. The summed E-state index contributed by atoms with van der Waals surface area (Å²) < 4.78 is 0. The van der Waals surface area contributed by atoms with E-state index in [9.17, 15) is 72.9 Å². The molecule has 0 unspecified atom stereocenters. The van der Waals surface area contributed by atoms with Crippen LogP contribution in [0.25, 0.3) is 10.9 Å². The Hall–Kier alpha value is -9.40. The predicted octanol–water partition coefficient (Wildman–Crippen LogP) is -0.0114. The number of amides is 11. The minimum absolute atomic E-state index is 0.0225. The highest BCUT2D eigenvalue weighted by Crippen LogP contribution is 2.27. The minimum atomic E-state index is -1.84. The second-order valence-electron chi connectivity index (χ2n) is 24.5. The number of rotatable bonds is 16. The first-order chi connectivity index (χ1) is 43.3. The number of carbonyl (C=O) groups is 12. The fourth-order valence-electron chi connectivity index (χ4n) is 11.7. The van der Waals surface area contributed by atoms with Gasteiger partial charge in [-0.1, -0.05) is 88.4 Å². The number of phenolic OH excluding ortho intramolecular Hbond substituents is 1. The molecule has 27 heteroatoms. The first-order valence-electron chi connectivity index (χ1n) is 30.9. The number of nitrogens with two attached hydrogens (primary N) is 1. The molecular weight excluding hydrogens is 1180 g/mol. The lowest BCUT2D eigenvalue weighted by atomic mass is 9.98. The lowest BCUT2D eigenvalue weighted by Crippen LogP contribution is -2.62. The van der Waals surface area contributed by atoms with Gasteiger partial charge in [0.1, 0.15) is 66.2 Å². The molecule has 490 valence electrons. The van der Waals surface area contributed by atoms with E-state index in [2.05, 4.69) is 47.5 Å². The Morgan fingerprint density at radius 1 is 0.527 bits per heavy atom. The van der Waals surface area contributed by atoms with E-state index in [1.807, 2.05) is 26.0 Å². The van der Waals surface area contributed by atoms with Gasteiger partial charge >= 0.3 is 5.97 Å². The number of H-pyrrole nitrogens is 1. The number of hydrogen-bond donors (Lipinski definition) is 13. The third-order valence-electron chi connectivity index (χ3n) is 16.4. The van der Waals surface area contributed by atoms with E-state index in [-0.39, 0.29) is 75.6 Å². The van der Waals surface area contributed by atoms with Crippen LogP contribution in [0.15, 0.2) is 85.1 Å². The number of aliphatic hydroxyl groups is 1. The zero-order valence-corrected chi connectivity index (χ0v) is 51.7. The molecule has 11 amide bonds. The first kappa shape index (κ1) is 69.1. The number of benzene rings is 3. The van der Waals surface area contributed by atoms with Crippen molar-refractivity contribution in [1.29, 1.82) is 0 Å². The molecule has 91 heavy (non-hydrogen) atoms. The Morgan fingerprint density at radius 3 is 1.53 bits per heavy atom. The van der Waals surface area contributed by atoms with Crippen molar-refractivity contribution in [2.24, 2.45) is 17.6 Å². The number of carbonyl (C=O) groups excluding carboxylic acids is 11. The number of carboxylic acid groups (broad SMARTS) is 1. The number of carboxylic acids is 1. The zero-order chi connectivity index (χ0) is 66.2. The highest BCUT2D eigenvalue weighted by Gasteiger charge is 2.46. The molecule has 0 saturated carbocycles. The molecule has 0 aliphatic carbocycles. The van der Waals surface area contributed by atoms with Crippen molar-refractivity contribution < 1.29 is 72.9 Å². The number of aliphatic hydroxyl groups excluding tert-OH is 1. The molecule has 3 fully saturated rings. The van der Waals surface area contributed by atoms with Crippen LogP contribution in [-0.4, -0.2) is 181 Å². The molecule has 3 aliphatic rings. The number of aromatic hydroxyl groups is 1. The van der Waals surface area contributed by atoms with Crippen molar-refractivity contribution in [3.8, 4) is 5.75 Å². The molecule has 1 aromatic heterocycles. The van der Waals surface area contributed by atoms with Gasteiger partial charge in [-0.05, 0) is 98.6 Å². The van der Waals surface area contributed by atoms with E-state index < -0.39 is 157 Å². The Labute approximate surface area is 526 Å². The quantitative estimate of drug-likeness (QED) is 0.0702. The molecule has 4 aromatic rings. The molecular formula is C64H84N12O15. The average molecular weight is 1260 g/mol. The van der Waals surface area contributed by atoms with E-state index in [1.54, 1.807) is 62.5 Å². The lowest BCUT2D eigenvalue weighted by molar-refractivity contribution is -0.149. The number of aromatic amines is 1. The van der Waals surface area contributed by atoms with Crippen LogP contribution in [0.2, 0.25) is 0 Å². The Bertz CT molecular complexity index is 3300. The molecule has 3 saturated heterocycles. The van der Waals surface area contributed by atoms with Gasteiger partial charge in [0.2, 0.25) is 65.0 Å². The summed E-state index contributed by atoms with van der Waals surface area (Å²) in [5.41, 5.74) is 7.91. The molecule has 14 N–H and O–H groups in total. The standard InChI is InChI=1S/C64H84N12O15/c1-34(2)27-44-56(83)71-48(31-39-33-66-42-16-10-9-15-41(39)42)60(87)69-45(28-35(3)4)57(84)72-49(32-52(65)79)61(88)70-46(30-38-19-21-40(78)22-20-38)58(85)67-43(23-24-53(80)81)55(82)74-54(36(5)77)64(91)76-26-12-18-51(76)63(90)75-25-11-17-50(75)62(89)73-47(59(86)68-44)29-37-13-7-6-8-14-37/h6-10,13-16,19-22,33-36,43-51,54,66,77-78H,11-12,17-18,23-32H2,1-5H3,(H2,65,79)(H,67,85)(H,68,86)(H,69,87)(H,70,88)(H,71,83)(H,72,84)(H,73,89)(H,74,82)(H,80,81)/t36-,43+,44+,45+,46+,47+,48+,49+,50+,51-,54+/m1/s1. The third-order valence-corrected chi connectivity index (χ3v) is 16.4. The van der Waals surface area contributed by atoms with E-state index in [1.165, 1.54) is 41.0 Å². The van der Waals surface area contributed by atoms with Crippen LogP contribution in [0.1, 0.15) is 109 Å². The van der Waals surface area contributed by atoms with Crippen LogP contribution < -0.4 is 48.3 Å². The van der Waals surface area contributed by atoms with Gasteiger partial charge in [0.15, 0.2) is 0 Å². The normalized spacial score (nSPS) is 25.3. The summed E-state index contributed by atoms with van der Waals surface area (Å²) in [7, 11) is 0. The molecule has 11 atom stereocenters. The highest BCUT2D eigenvalue weighted by molar-refractivity contribution is 6.01. The van der Waals surface area contributed by atoms with Crippen molar-refractivity contribution in [1.82, 2.24) is 57.3 Å². The number of phenols is 1. The Balaban J connectivity index is 1.31. The smallest absolute Gasteiger partial charge is 0.303 e. The van der Waals surface area contributed by atoms with Crippen molar-refractivity contribution in [3.63, 3.8) is 0 Å². The van der Waals surface area contributed by atoms with Crippen LogP contribution in [0.4, 0.5) is 0 Å². The van der Waals surface area contributed by atoms with Gasteiger partial charge in [-0.25, -0.2) is 0 Å². The number of aromatic nitrogens is 1. The second-order valence-corrected chi connectivity index (χ2v) is 24.5. The van der Waals surface area contributed by atoms with Gasteiger partial charge < -0.3 is 78.4 Å². The largest absolute Gasteiger partial charge is 0.508 e. The summed E-state index contributed by atoms with van der Waals surface area (Å²) in [4.78, 5) is 177. The second kappa shape index (κ2) is 31.9. The van der Waals surface area contributed by atoms with Gasteiger partial charge in [-0.2, -0.15) is 0 Å². The van der Waals surface area contributed by atoms with Crippen molar-refractivity contribution in [2.75, 3.05) is 13.1 Å². The number of nitrogens with one attached hydrogen (secondary N) is 9. The van der Waals surface area contributed by atoms with E-state index in [4.69, 9.17) is 5.73 Å². The van der Waals surface area contributed by atoms with E-state index in [0.29, 0.717) is 40.4 Å². The average Bonchev–Trinajstić information content (AvgIpc) is 1.77. The van der Waals surface area contributed by atoms with Crippen molar-refractivity contribution in [2.45, 2.75) is 178 Å². The Morgan fingerprint density at radius 2 is 0.978 bits per heavy atom. The zero-order valence-electron chi connectivity index (χ0n) is 51.7. The summed E-state index contributed by atoms with van der Waals surface area (Å²) >= 11 is 0. The number of para-hydroxylation sites is 1.